The fourth-order valence-electron chi connectivity index (χ4n) is 4.73. The van der Waals surface area contributed by atoms with Crippen LogP contribution in [0.2, 0.25) is 5.02 Å². The molecule has 1 saturated carbocycles. The number of cyclic esters (lactones) is 1. The van der Waals surface area contributed by atoms with Gasteiger partial charge in [-0.25, -0.2) is 4.98 Å². The number of carbonyl (C=O) groups excluding carboxylic acids is 1. The largest absolute Gasteiger partial charge is 0.462 e. The van der Waals surface area contributed by atoms with Gasteiger partial charge in [-0.3, -0.25) is 9.69 Å². The molecule has 26 heavy (non-hydrogen) atoms. The van der Waals surface area contributed by atoms with Crippen LogP contribution in [-0.2, 0) is 9.53 Å². The highest BCUT2D eigenvalue weighted by atomic mass is 35.5. The number of piperazine rings is 1. The van der Waals surface area contributed by atoms with Gasteiger partial charge in [0.25, 0.3) is 0 Å². The lowest BCUT2D eigenvalue weighted by atomic mass is 9.72. The molecule has 1 aromatic rings. The molecule has 3 heterocycles. The second-order valence-corrected chi connectivity index (χ2v) is 8.46. The standard InChI is InChI=1S/C20H28ClN3O2/c21-16-4-8-22-18(14-16)24-12-10-23(11-13-24)9-5-17-15-20(19(25)26-17)6-2-1-3-7-20/h4,8,14,17H,1-3,5-7,9-13,15H2/t17-/m1/s1. The third-order valence-electron chi connectivity index (χ3n) is 6.31. The van der Waals surface area contributed by atoms with Gasteiger partial charge in [-0.1, -0.05) is 30.9 Å². The van der Waals surface area contributed by atoms with Crippen LogP contribution in [0, 0.1) is 5.41 Å². The fraction of sp³-hybridized carbons (Fsp3) is 0.700. The molecule has 0 bridgehead atoms. The van der Waals surface area contributed by atoms with E-state index in [-0.39, 0.29) is 17.5 Å². The van der Waals surface area contributed by atoms with Gasteiger partial charge >= 0.3 is 5.97 Å². The first-order valence-electron chi connectivity index (χ1n) is 9.95. The quantitative estimate of drug-likeness (QED) is 0.751. The highest BCUT2D eigenvalue weighted by Gasteiger charge is 2.48. The number of hydrogen-bond acceptors (Lipinski definition) is 5. The smallest absolute Gasteiger partial charge is 0.312 e. The summed E-state index contributed by atoms with van der Waals surface area (Å²) >= 11 is 6.07. The molecule has 1 atom stereocenters. The van der Waals surface area contributed by atoms with E-state index in [0.717, 1.165) is 69.2 Å². The first-order chi connectivity index (χ1) is 12.6. The molecule has 2 saturated heterocycles. The maximum absolute atomic E-state index is 12.4. The van der Waals surface area contributed by atoms with Crippen molar-refractivity contribution in [3.8, 4) is 0 Å². The van der Waals surface area contributed by atoms with Crippen molar-refractivity contribution in [2.45, 2.75) is 51.0 Å². The Balaban J connectivity index is 1.24. The van der Waals surface area contributed by atoms with E-state index in [1.54, 1.807) is 6.20 Å². The summed E-state index contributed by atoms with van der Waals surface area (Å²) in [6, 6.07) is 3.74. The average Bonchev–Trinajstić information content (AvgIpc) is 2.96. The number of esters is 1. The molecule has 3 aliphatic rings. The second kappa shape index (κ2) is 7.73. The third-order valence-corrected chi connectivity index (χ3v) is 6.54. The summed E-state index contributed by atoms with van der Waals surface area (Å²) < 4.78 is 5.75. The summed E-state index contributed by atoms with van der Waals surface area (Å²) in [6.45, 7) is 4.95. The molecule has 0 N–H and O–H groups in total. The Hall–Kier alpha value is -1.33. The summed E-state index contributed by atoms with van der Waals surface area (Å²) in [5.41, 5.74) is -0.139. The van der Waals surface area contributed by atoms with E-state index in [2.05, 4.69) is 14.8 Å². The van der Waals surface area contributed by atoms with Crippen LogP contribution in [0.25, 0.3) is 0 Å². The number of carbonyl (C=O) groups is 1. The highest BCUT2D eigenvalue weighted by molar-refractivity contribution is 6.30. The second-order valence-electron chi connectivity index (χ2n) is 8.02. The van der Waals surface area contributed by atoms with Crippen LogP contribution in [0.15, 0.2) is 18.3 Å². The van der Waals surface area contributed by atoms with Crippen molar-refractivity contribution in [1.29, 1.82) is 0 Å². The van der Waals surface area contributed by atoms with Crippen LogP contribution in [-0.4, -0.2) is 54.7 Å². The van der Waals surface area contributed by atoms with Gasteiger partial charge in [-0.15, -0.1) is 0 Å². The monoisotopic (exact) mass is 377 g/mol. The Labute approximate surface area is 160 Å². The number of halogens is 1. The lowest BCUT2D eigenvalue weighted by Gasteiger charge is -2.35. The predicted molar refractivity (Wildman–Crippen MR) is 103 cm³/mol. The van der Waals surface area contributed by atoms with Crippen molar-refractivity contribution in [1.82, 2.24) is 9.88 Å². The maximum Gasteiger partial charge on any atom is 0.312 e. The zero-order valence-corrected chi connectivity index (χ0v) is 16.1. The Bertz CT molecular complexity index is 640. The molecule has 4 rings (SSSR count). The van der Waals surface area contributed by atoms with Crippen LogP contribution in [0.3, 0.4) is 0 Å². The van der Waals surface area contributed by atoms with Crippen LogP contribution in [0.5, 0.6) is 0 Å². The minimum absolute atomic E-state index is 0.0825. The average molecular weight is 378 g/mol. The molecule has 1 aliphatic carbocycles. The molecule has 0 aromatic carbocycles. The first kappa shape index (κ1) is 18.1. The maximum atomic E-state index is 12.4. The number of nitrogens with zero attached hydrogens (tertiary/aromatic N) is 3. The summed E-state index contributed by atoms with van der Waals surface area (Å²) in [5, 5.41) is 0.733. The van der Waals surface area contributed by atoms with E-state index in [0.29, 0.717) is 0 Å². The fourth-order valence-corrected chi connectivity index (χ4v) is 4.88. The molecule has 1 spiro atoms. The minimum atomic E-state index is -0.139. The number of ether oxygens (including phenoxy) is 1. The van der Waals surface area contributed by atoms with Gasteiger partial charge in [-0.2, -0.15) is 0 Å². The van der Waals surface area contributed by atoms with E-state index in [9.17, 15) is 4.79 Å². The SMILES string of the molecule is O=C1O[C@H](CCN2CCN(c3cc(Cl)ccn3)CC2)CC12CCCCC2. The molecule has 0 amide bonds. The Morgan fingerprint density at radius 3 is 2.69 bits per heavy atom. The van der Waals surface area contributed by atoms with Crippen molar-refractivity contribution >= 4 is 23.4 Å². The Morgan fingerprint density at radius 1 is 1.19 bits per heavy atom. The number of rotatable bonds is 4. The van der Waals surface area contributed by atoms with Gasteiger partial charge in [0.05, 0.1) is 5.41 Å². The normalized spacial score (nSPS) is 26.3. The molecule has 3 fully saturated rings. The van der Waals surface area contributed by atoms with E-state index in [1.807, 2.05) is 12.1 Å². The van der Waals surface area contributed by atoms with Crippen LogP contribution < -0.4 is 4.90 Å². The number of anilines is 1. The van der Waals surface area contributed by atoms with Crippen molar-refractivity contribution in [2.24, 2.45) is 5.41 Å². The van der Waals surface area contributed by atoms with Gasteiger partial charge in [0.15, 0.2) is 0 Å². The van der Waals surface area contributed by atoms with E-state index < -0.39 is 0 Å². The van der Waals surface area contributed by atoms with Crippen molar-refractivity contribution in [3.63, 3.8) is 0 Å². The molecule has 1 aromatic heterocycles. The minimum Gasteiger partial charge on any atom is -0.462 e. The number of pyridine rings is 1. The van der Waals surface area contributed by atoms with Crippen LogP contribution >= 0.6 is 11.6 Å². The van der Waals surface area contributed by atoms with Gasteiger partial charge in [0, 0.05) is 50.4 Å². The molecule has 2 aliphatic heterocycles. The molecular formula is C20H28ClN3O2. The number of aromatic nitrogens is 1. The summed E-state index contributed by atoms with van der Waals surface area (Å²) in [6.07, 6.45) is 9.49. The van der Waals surface area contributed by atoms with E-state index in [1.165, 1.54) is 19.3 Å². The van der Waals surface area contributed by atoms with Gasteiger partial charge in [-0.05, 0) is 31.4 Å². The summed E-state index contributed by atoms with van der Waals surface area (Å²) in [7, 11) is 0. The van der Waals surface area contributed by atoms with E-state index >= 15 is 0 Å². The predicted octanol–water partition coefficient (Wildman–Crippen LogP) is 3.51. The zero-order chi connectivity index (χ0) is 18.0. The lowest BCUT2D eigenvalue weighted by molar-refractivity contribution is -0.150. The van der Waals surface area contributed by atoms with Gasteiger partial charge < -0.3 is 9.64 Å². The van der Waals surface area contributed by atoms with Gasteiger partial charge in [0.1, 0.15) is 11.9 Å². The molecule has 0 unspecified atom stereocenters. The zero-order valence-electron chi connectivity index (χ0n) is 15.3. The molecule has 142 valence electrons. The lowest BCUT2D eigenvalue weighted by Crippen LogP contribution is -2.47. The molecule has 0 radical (unpaired) electrons. The summed E-state index contributed by atoms with van der Waals surface area (Å²) in [4.78, 5) is 21.6. The molecule has 5 nitrogen and oxygen atoms in total. The number of hydrogen-bond donors (Lipinski definition) is 0. The topological polar surface area (TPSA) is 45.7 Å². The van der Waals surface area contributed by atoms with Crippen molar-refractivity contribution in [2.75, 3.05) is 37.6 Å². The van der Waals surface area contributed by atoms with E-state index in [4.69, 9.17) is 16.3 Å². The Morgan fingerprint density at radius 2 is 1.96 bits per heavy atom. The van der Waals surface area contributed by atoms with Crippen LogP contribution in [0.4, 0.5) is 5.82 Å². The van der Waals surface area contributed by atoms with Crippen molar-refractivity contribution in [3.05, 3.63) is 23.4 Å². The van der Waals surface area contributed by atoms with Crippen LogP contribution in [0.1, 0.15) is 44.9 Å². The molecule has 6 heteroatoms. The Kier molecular flexibility index (Phi) is 5.37. The molecular weight excluding hydrogens is 350 g/mol. The van der Waals surface area contributed by atoms with Crippen molar-refractivity contribution < 1.29 is 9.53 Å². The third kappa shape index (κ3) is 3.84. The first-order valence-corrected chi connectivity index (χ1v) is 10.3. The highest BCUT2D eigenvalue weighted by Crippen LogP contribution is 2.46. The summed E-state index contributed by atoms with van der Waals surface area (Å²) in [5.74, 6) is 1.04. The van der Waals surface area contributed by atoms with Gasteiger partial charge in [0.2, 0.25) is 0 Å².